The molecule has 0 unspecified atom stereocenters. The van der Waals surface area contributed by atoms with Gasteiger partial charge < -0.3 is 0 Å². The van der Waals surface area contributed by atoms with Gasteiger partial charge in [0.25, 0.3) is 6.43 Å². The van der Waals surface area contributed by atoms with Crippen LogP contribution in [0.25, 0.3) is 0 Å². The van der Waals surface area contributed by atoms with Gasteiger partial charge in [-0.3, -0.25) is 0 Å². The predicted octanol–water partition coefficient (Wildman–Crippen LogP) is 1.68. The lowest BCUT2D eigenvalue weighted by Gasteiger charge is -1.98. The number of hydrogen-bond acceptors (Lipinski definition) is 3. The molecule has 0 saturated heterocycles. The molecule has 0 spiro atoms. The lowest BCUT2D eigenvalue weighted by atomic mass is 10.3. The standard InChI is InChI=1S/C6H4F3NO2S/c7-6(8)4-1-2-5(10-3-4)13(9,11)12/h1-3,6H. The van der Waals surface area contributed by atoms with Crippen molar-refractivity contribution < 1.29 is 21.1 Å². The summed E-state index contributed by atoms with van der Waals surface area (Å²) in [6.45, 7) is 0. The fourth-order valence-corrected chi connectivity index (χ4v) is 1.07. The number of nitrogens with zero attached hydrogens (tertiary/aromatic N) is 1. The average molecular weight is 211 g/mol. The summed E-state index contributed by atoms with van der Waals surface area (Å²) in [5, 5.41) is -0.864. The second-order valence-electron chi connectivity index (χ2n) is 2.17. The van der Waals surface area contributed by atoms with Crippen LogP contribution in [0.2, 0.25) is 0 Å². The highest BCUT2D eigenvalue weighted by Gasteiger charge is 2.14. The second kappa shape index (κ2) is 3.33. The van der Waals surface area contributed by atoms with Gasteiger partial charge in [-0.25, -0.2) is 13.8 Å². The van der Waals surface area contributed by atoms with E-state index in [4.69, 9.17) is 0 Å². The maximum absolute atomic E-state index is 12.2. The largest absolute Gasteiger partial charge is 0.349 e. The van der Waals surface area contributed by atoms with Crippen LogP contribution in [0.3, 0.4) is 0 Å². The molecule has 0 aromatic carbocycles. The molecule has 1 aromatic rings. The summed E-state index contributed by atoms with van der Waals surface area (Å²) in [5.41, 5.74) is -0.451. The van der Waals surface area contributed by atoms with E-state index in [1.807, 2.05) is 0 Å². The van der Waals surface area contributed by atoms with Gasteiger partial charge in [0, 0.05) is 11.8 Å². The normalized spacial score (nSPS) is 12.0. The molecule has 7 heteroatoms. The first-order valence-corrected chi connectivity index (χ1v) is 4.48. The quantitative estimate of drug-likeness (QED) is 0.699. The van der Waals surface area contributed by atoms with Crippen molar-refractivity contribution in [1.29, 1.82) is 0 Å². The van der Waals surface area contributed by atoms with Crippen LogP contribution in [0.5, 0.6) is 0 Å². The van der Waals surface area contributed by atoms with Crippen LogP contribution < -0.4 is 0 Å². The summed E-state index contributed by atoms with van der Waals surface area (Å²) in [7, 11) is -4.90. The molecule has 0 aliphatic carbocycles. The van der Waals surface area contributed by atoms with Gasteiger partial charge in [0.15, 0.2) is 5.03 Å². The highest BCUT2D eigenvalue weighted by Crippen LogP contribution is 2.18. The molecule has 1 aromatic heterocycles. The van der Waals surface area contributed by atoms with Gasteiger partial charge in [-0.2, -0.15) is 8.42 Å². The Balaban J connectivity index is 3.08. The first-order valence-electron chi connectivity index (χ1n) is 3.10. The van der Waals surface area contributed by atoms with Crippen molar-refractivity contribution in [3.8, 4) is 0 Å². The smallest absolute Gasteiger partial charge is 0.242 e. The van der Waals surface area contributed by atoms with Gasteiger partial charge in [-0.05, 0) is 12.1 Å². The SMILES string of the molecule is O=S(=O)(F)c1ccc(C(F)F)cn1. The van der Waals surface area contributed by atoms with Crippen molar-refractivity contribution in [2.24, 2.45) is 0 Å². The summed E-state index contributed by atoms with van der Waals surface area (Å²) in [6, 6.07) is 1.50. The van der Waals surface area contributed by atoms with E-state index in [1.165, 1.54) is 0 Å². The highest BCUT2D eigenvalue weighted by molar-refractivity contribution is 7.86. The lowest BCUT2D eigenvalue weighted by Crippen LogP contribution is -1.96. The van der Waals surface area contributed by atoms with Crippen LogP contribution in [0, 0.1) is 0 Å². The van der Waals surface area contributed by atoms with Crippen molar-refractivity contribution in [3.05, 3.63) is 23.9 Å². The van der Waals surface area contributed by atoms with Gasteiger partial charge in [-0.1, -0.05) is 3.89 Å². The number of aromatic nitrogens is 1. The molecular weight excluding hydrogens is 207 g/mol. The number of pyridine rings is 1. The predicted molar refractivity (Wildman–Crippen MR) is 37.5 cm³/mol. The first kappa shape index (κ1) is 9.97. The van der Waals surface area contributed by atoms with E-state index in [9.17, 15) is 21.1 Å². The van der Waals surface area contributed by atoms with Gasteiger partial charge in [0.05, 0.1) is 0 Å². The van der Waals surface area contributed by atoms with Crippen LogP contribution in [-0.4, -0.2) is 13.4 Å². The molecule has 0 aliphatic heterocycles. The summed E-state index contributed by atoms with van der Waals surface area (Å²) >= 11 is 0. The summed E-state index contributed by atoms with van der Waals surface area (Å²) in [4.78, 5) is 3.03. The minimum atomic E-state index is -4.90. The Bertz CT molecular complexity index is 387. The van der Waals surface area contributed by atoms with Crippen molar-refractivity contribution >= 4 is 10.2 Å². The van der Waals surface area contributed by atoms with E-state index < -0.39 is 27.2 Å². The average Bonchev–Trinajstić information content (AvgIpc) is 2.03. The van der Waals surface area contributed by atoms with E-state index in [1.54, 1.807) is 0 Å². The van der Waals surface area contributed by atoms with E-state index in [-0.39, 0.29) is 0 Å². The molecule has 13 heavy (non-hydrogen) atoms. The minimum Gasteiger partial charge on any atom is -0.242 e. The molecule has 0 saturated carbocycles. The second-order valence-corrected chi connectivity index (χ2v) is 3.46. The summed E-state index contributed by atoms with van der Waals surface area (Å²) in [5.74, 6) is 0. The molecule has 3 nitrogen and oxygen atoms in total. The van der Waals surface area contributed by atoms with Crippen molar-refractivity contribution in [2.75, 3.05) is 0 Å². The summed E-state index contributed by atoms with van der Waals surface area (Å²) < 4.78 is 56.4. The van der Waals surface area contributed by atoms with Crippen molar-refractivity contribution in [2.45, 2.75) is 11.5 Å². The van der Waals surface area contributed by atoms with Crippen LogP contribution in [0.4, 0.5) is 12.7 Å². The van der Waals surface area contributed by atoms with Gasteiger partial charge in [0.1, 0.15) is 0 Å². The molecule has 0 radical (unpaired) electrons. The minimum absolute atomic E-state index is 0.451. The van der Waals surface area contributed by atoms with Crippen LogP contribution in [0.15, 0.2) is 23.4 Å². The number of alkyl halides is 2. The van der Waals surface area contributed by atoms with Gasteiger partial charge in [-0.15, -0.1) is 0 Å². The highest BCUT2D eigenvalue weighted by atomic mass is 32.3. The monoisotopic (exact) mass is 211 g/mol. The zero-order chi connectivity index (χ0) is 10.1. The third kappa shape index (κ3) is 2.41. The maximum Gasteiger partial charge on any atom is 0.349 e. The van der Waals surface area contributed by atoms with Gasteiger partial charge in [0.2, 0.25) is 0 Å². The Labute approximate surface area is 72.4 Å². The molecular formula is C6H4F3NO2S. The lowest BCUT2D eigenvalue weighted by molar-refractivity contribution is 0.151. The van der Waals surface area contributed by atoms with Crippen LogP contribution in [-0.2, 0) is 10.2 Å². The Morgan fingerprint density at radius 3 is 2.23 bits per heavy atom. The third-order valence-corrected chi connectivity index (χ3v) is 2.00. The molecule has 0 aliphatic rings. The molecule has 1 rings (SSSR count). The fourth-order valence-electron chi connectivity index (χ4n) is 0.665. The molecule has 0 atom stereocenters. The molecule has 0 N–H and O–H groups in total. The zero-order valence-electron chi connectivity index (χ0n) is 6.12. The number of halogens is 3. The maximum atomic E-state index is 12.2. The van der Waals surface area contributed by atoms with E-state index >= 15 is 0 Å². The van der Waals surface area contributed by atoms with Crippen molar-refractivity contribution in [1.82, 2.24) is 4.98 Å². The van der Waals surface area contributed by atoms with Crippen LogP contribution in [0.1, 0.15) is 12.0 Å². The molecule has 0 fully saturated rings. The Kier molecular flexibility index (Phi) is 2.55. The zero-order valence-corrected chi connectivity index (χ0v) is 6.93. The fraction of sp³-hybridized carbons (Fsp3) is 0.167. The Hall–Kier alpha value is -1.11. The van der Waals surface area contributed by atoms with E-state index in [0.29, 0.717) is 12.3 Å². The molecule has 0 amide bonds. The van der Waals surface area contributed by atoms with E-state index in [2.05, 4.69) is 4.98 Å². The summed E-state index contributed by atoms with van der Waals surface area (Å²) in [6.07, 6.45) is -2.12. The third-order valence-electron chi connectivity index (χ3n) is 1.26. The number of rotatable bonds is 2. The van der Waals surface area contributed by atoms with Gasteiger partial charge >= 0.3 is 10.2 Å². The Morgan fingerprint density at radius 1 is 1.31 bits per heavy atom. The molecule has 1 heterocycles. The Morgan fingerprint density at radius 2 is 1.92 bits per heavy atom. The van der Waals surface area contributed by atoms with Crippen molar-refractivity contribution in [3.63, 3.8) is 0 Å². The molecule has 72 valence electrons. The number of hydrogen-bond donors (Lipinski definition) is 0. The van der Waals surface area contributed by atoms with E-state index in [0.717, 1.165) is 6.07 Å². The topological polar surface area (TPSA) is 47.0 Å². The van der Waals surface area contributed by atoms with Crippen LogP contribution >= 0.6 is 0 Å². The first-order chi connectivity index (χ1) is 5.91. The molecule has 0 bridgehead atoms.